The second kappa shape index (κ2) is 9.74. The van der Waals surface area contributed by atoms with Crippen molar-refractivity contribution < 1.29 is 14.6 Å². The zero-order valence-corrected chi connectivity index (χ0v) is 20.1. The van der Waals surface area contributed by atoms with Crippen LogP contribution in [0.15, 0.2) is 104 Å². The lowest BCUT2D eigenvalue weighted by molar-refractivity contribution is -0.0930. The number of aliphatic hydroxyl groups is 1. The average molecular weight is 494 g/mol. The van der Waals surface area contributed by atoms with Gasteiger partial charge >= 0.3 is 0 Å². The lowest BCUT2D eigenvalue weighted by Gasteiger charge is -2.37. The summed E-state index contributed by atoms with van der Waals surface area (Å²) in [5.74, 6) is 0.306. The van der Waals surface area contributed by atoms with E-state index in [1.54, 1.807) is 10.9 Å². The van der Waals surface area contributed by atoms with E-state index in [4.69, 9.17) is 15.2 Å². The van der Waals surface area contributed by atoms with Gasteiger partial charge in [-0.3, -0.25) is 4.57 Å². The van der Waals surface area contributed by atoms with Crippen LogP contribution in [0.25, 0.3) is 11.2 Å². The standard InChI is InChI=1S/C29H27N5O3/c30-27-26-28(32-18-31-27)34(19-33-26)25-16-23(35)24(37-25)17-36-29(20-10-4-1-5-11-20,21-12-6-2-7-13-21)22-14-8-3-9-15-22/h1-15,18-19,23-25,35H,16-17H2,(H2,30,31,32). The number of ether oxygens (including phenoxy) is 2. The van der Waals surface area contributed by atoms with Crippen LogP contribution in [-0.4, -0.2) is 43.4 Å². The maximum absolute atomic E-state index is 11.0. The molecule has 8 heteroatoms. The number of nitrogens with zero attached hydrogens (tertiary/aromatic N) is 4. The minimum absolute atomic E-state index is 0.167. The van der Waals surface area contributed by atoms with Crippen LogP contribution in [0.3, 0.4) is 0 Å². The molecule has 6 rings (SSSR count). The van der Waals surface area contributed by atoms with Crippen molar-refractivity contribution in [3.63, 3.8) is 0 Å². The summed E-state index contributed by atoms with van der Waals surface area (Å²) in [5, 5.41) is 11.0. The molecule has 0 amide bonds. The van der Waals surface area contributed by atoms with Gasteiger partial charge in [0.05, 0.1) is 19.0 Å². The van der Waals surface area contributed by atoms with E-state index < -0.39 is 24.0 Å². The minimum atomic E-state index is -0.895. The van der Waals surface area contributed by atoms with Crippen LogP contribution in [0.1, 0.15) is 29.3 Å². The van der Waals surface area contributed by atoms with Crippen molar-refractivity contribution in [3.8, 4) is 0 Å². The first-order valence-corrected chi connectivity index (χ1v) is 12.2. The Hall–Kier alpha value is -4.11. The van der Waals surface area contributed by atoms with E-state index in [0.717, 1.165) is 16.7 Å². The molecule has 1 aliphatic rings. The summed E-state index contributed by atoms with van der Waals surface area (Å²) >= 11 is 0. The highest BCUT2D eigenvalue weighted by molar-refractivity contribution is 5.81. The molecule has 3 aromatic carbocycles. The molecule has 0 radical (unpaired) electrons. The van der Waals surface area contributed by atoms with E-state index in [2.05, 4.69) is 51.4 Å². The van der Waals surface area contributed by atoms with E-state index in [1.807, 2.05) is 54.6 Å². The van der Waals surface area contributed by atoms with Crippen molar-refractivity contribution in [1.29, 1.82) is 0 Å². The van der Waals surface area contributed by atoms with Crippen LogP contribution in [0.4, 0.5) is 5.82 Å². The zero-order valence-electron chi connectivity index (χ0n) is 20.1. The van der Waals surface area contributed by atoms with Crippen LogP contribution >= 0.6 is 0 Å². The first kappa shape index (κ1) is 23.3. The number of hydrogen-bond acceptors (Lipinski definition) is 7. The molecule has 5 aromatic rings. The number of anilines is 1. The maximum atomic E-state index is 11.0. The highest BCUT2D eigenvalue weighted by atomic mass is 16.6. The van der Waals surface area contributed by atoms with Gasteiger partial charge in [0.25, 0.3) is 0 Å². The number of aromatic nitrogens is 4. The van der Waals surface area contributed by atoms with Gasteiger partial charge in [-0.25, -0.2) is 15.0 Å². The van der Waals surface area contributed by atoms with Gasteiger partial charge in [0.1, 0.15) is 29.8 Å². The number of rotatable bonds is 7. The first-order valence-electron chi connectivity index (χ1n) is 12.2. The Balaban J connectivity index is 1.34. The number of benzene rings is 3. The van der Waals surface area contributed by atoms with Gasteiger partial charge in [0, 0.05) is 6.42 Å². The summed E-state index contributed by atoms with van der Waals surface area (Å²) < 4.78 is 15.0. The predicted molar refractivity (Wildman–Crippen MR) is 139 cm³/mol. The molecule has 1 aliphatic heterocycles. The molecule has 0 spiro atoms. The number of hydrogen-bond donors (Lipinski definition) is 2. The Morgan fingerprint density at radius 1 is 0.865 bits per heavy atom. The molecular formula is C29H27N5O3. The van der Waals surface area contributed by atoms with Crippen molar-refractivity contribution in [3.05, 3.63) is 120 Å². The van der Waals surface area contributed by atoms with Crippen LogP contribution in [0.5, 0.6) is 0 Å². The minimum Gasteiger partial charge on any atom is -0.390 e. The largest absolute Gasteiger partial charge is 0.390 e. The number of imidazole rings is 1. The molecule has 1 fully saturated rings. The summed E-state index contributed by atoms with van der Waals surface area (Å²) in [6, 6.07) is 30.4. The molecule has 186 valence electrons. The lowest BCUT2D eigenvalue weighted by atomic mass is 9.80. The van der Waals surface area contributed by atoms with Crippen molar-refractivity contribution >= 4 is 17.0 Å². The summed E-state index contributed by atoms with van der Waals surface area (Å²) in [6.45, 7) is 0.167. The summed E-state index contributed by atoms with van der Waals surface area (Å²) in [5.41, 5.74) is 9.10. The number of nitrogen functional groups attached to an aromatic ring is 1. The highest BCUT2D eigenvalue weighted by Crippen LogP contribution is 2.41. The Morgan fingerprint density at radius 2 is 1.43 bits per heavy atom. The molecule has 0 bridgehead atoms. The second-order valence-electron chi connectivity index (χ2n) is 9.11. The average Bonchev–Trinajstić information content (AvgIpc) is 3.55. The Morgan fingerprint density at radius 3 is 2.00 bits per heavy atom. The number of nitrogens with two attached hydrogens (primary N) is 1. The molecule has 37 heavy (non-hydrogen) atoms. The van der Waals surface area contributed by atoms with Gasteiger partial charge in [-0.2, -0.15) is 0 Å². The smallest absolute Gasteiger partial charge is 0.167 e. The van der Waals surface area contributed by atoms with Crippen LogP contribution in [-0.2, 0) is 15.1 Å². The molecule has 1 saturated heterocycles. The summed E-state index contributed by atoms with van der Waals surface area (Å²) in [6.07, 6.45) is 1.65. The Kier molecular flexibility index (Phi) is 6.13. The van der Waals surface area contributed by atoms with Gasteiger partial charge in [-0.15, -0.1) is 0 Å². The molecule has 8 nitrogen and oxygen atoms in total. The third kappa shape index (κ3) is 4.15. The van der Waals surface area contributed by atoms with Gasteiger partial charge in [0.2, 0.25) is 0 Å². The molecular weight excluding hydrogens is 466 g/mol. The van der Waals surface area contributed by atoms with Gasteiger partial charge in [0.15, 0.2) is 11.5 Å². The van der Waals surface area contributed by atoms with E-state index in [0.29, 0.717) is 23.4 Å². The van der Waals surface area contributed by atoms with E-state index in [1.165, 1.54) is 6.33 Å². The fourth-order valence-corrected chi connectivity index (χ4v) is 5.09. The van der Waals surface area contributed by atoms with Crippen LogP contribution in [0, 0.1) is 0 Å². The van der Waals surface area contributed by atoms with Crippen molar-refractivity contribution in [2.24, 2.45) is 0 Å². The Bertz CT molecular complexity index is 1380. The third-order valence-corrected chi connectivity index (χ3v) is 6.91. The second-order valence-corrected chi connectivity index (χ2v) is 9.11. The lowest BCUT2D eigenvalue weighted by Crippen LogP contribution is -2.38. The normalized spacial score (nSPS) is 19.9. The van der Waals surface area contributed by atoms with Crippen molar-refractivity contribution in [2.45, 2.75) is 30.5 Å². The zero-order chi connectivity index (χ0) is 25.2. The molecule has 3 atom stereocenters. The molecule has 3 N–H and O–H groups in total. The first-order chi connectivity index (χ1) is 18.2. The Labute approximate surface area is 214 Å². The summed E-state index contributed by atoms with van der Waals surface area (Å²) in [4.78, 5) is 12.7. The van der Waals surface area contributed by atoms with E-state index in [-0.39, 0.29) is 6.61 Å². The van der Waals surface area contributed by atoms with Gasteiger partial charge in [-0.05, 0) is 16.7 Å². The fraction of sp³-hybridized carbons (Fsp3) is 0.207. The molecule has 3 unspecified atom stereocenters. The SMILES string of the molecule is Nc1ncnc2c1ncn2C1CC(O)C(COC(c2ccccc2)(c2ccccc2)c2ccccc2)O1. The molecule has 3 heterocycles. The van der Waals surface area contributed by atoms with Crippen LogP contribution in [0.2, 0.25) is 0 Å². The third-order valence-electron chi connectivity index (χ3n) is 6.91. The van der Waals surface area contributed by atoms with E-state index in [9.17, 15) is 5.11 Å². The van der Waals surface area contributed by atoms with Gasteiger partial charge < -0.3 is 20.3 Å². The topological polar surface area (TPSA) is 108 Å². The quantitative estimate of drug-likeness (QED) is 0.329. The molecule has 0 aliphatic carbocycles. The van der Waals surface area contributed by atoms with Crippen molar-refractivity contribution in [2.75, 3.05) is 12.3 Å². The molecule has 2 aromatic heterocycles. The monoisotopic (exact) mass is 493 g/mol. The van der Waals surface area contributed by atoms with E-state index >= 15 is 0 Å². The number of fused-ring (bicyclic) bond motifs is 1. The highest BCUT2D eigenvalue weighted by Gasteiger charge is 2.42. The predicted octanol–water partition coefficient (Wildman–Crippen LogP) is 4.07. The summed E-state index contributed by atoms with van der Waals surface area (Å²) in [7, 11) is 0. The fourth-order valence-electron chi connectivity index (χ4n) is 5.09. The molecule has 0 saturated carbocycles. The van der Waals surface area contributed by atoms with Crippen LogP contribution < -0.4 is 5.73 Å². The maximum Gasteiger partial charge on any atom is 0.167 e. The van der Waals surface area contributed by atoms with Gasteiger partial charge in [-0.1, -0.05) is 91.0 Å². The number of aliphatic hydroxyl groups excluding tert-OH is 1. The van der Waals surface area contributed by atoms with Crippen molar-refractivity contribution in [1.82, 2.24) is 19.5 Å².